The number of nitrogens with zero attached hydrogens (tertiary/aromatic N) is 1. The summed E-state index contributed by atoms with van der Waals surface area (Å²) in [6, 6.07) is 11.0. The van der Waals surface area contributed by atoms with E-state index in [0.29, 0.717) is 43.4 Å². The van der Waals surface area contributed by atoms with E-state index in [1.165, 1.54) is 24.3 Å². The molecule has 0 spiro atoms. The summed E-state index contributed by atoms with van der Waals surface area (Å²) in [5.74, 6) is 0.405. The van der Waals surface area contributed by atoms with Crippen LogP contribution >= 0.6 is 0 Å². The Morgan fingerprint density at radius 3 is 2.47 bits per heavy atom. The van der Waals surface area contributed by atoms with Gasteiger partial charge < -0.3 is 19.7 Å². The van der Waals surface area contributed by atoms with Gasteiger partial charge in [-0.3, -0.25) is 9.59 Å². The number of benzene rings is 2. The zero-order valence-electron chi connectivity index (χ0n) is 18.9. The van der Waals surface area contributed by atoms with Gasteiger partial charge in [0.1, 0.15) is 5.82 Å². The molecule has 7 heteroatoms. The van der Waals surface area contributed by atoms with Crippen LogP contribution in [-0.4, -0.2) is 43.0 Å². The minimum absolute atomic E-state index is 0.0825. The topological polar surface area (TPSA) is 67.9 Å². The van der Waals surface area contributed by atoms with Crippen molar-refractivity contribution >= 4 is 11.8 Å². The number of hydrogen-bond acceptors (Lipinski definition) is 4. The van der Waals surface area contributed by atoms with Crippen LogP contribution in [0.15, 0.2) is 42.5 Å². The molecule has 0 aromatic heterocycles. The van der Waals surface area contributed by atoms with E-state index in [1.54, 1.807) is 4.90 Å². The van der Waals surface area contributed by atoms with Crippen molar-refractivity contribution < 1.29 is 23.5 Å². The number of likely N-dealkylation sites (tertiary alicyclic amines) is 1. The maximum absolute atomic E-state index is 13.2. The van der Waals surface area contributed by atoms with Crippen molar-refractivity contribution in [3.8, 4) is 11.5 Å². The molecule has 2 atom stereocenters. The van der Waals surface area contributed by atoms with Crippen LogP contribution in [0, 0.1) is 11.7 Å². The highest BCUT2D eigenvalue weighted by molar-refractivity contribution is 5.94. The SMILES string of the molecule is CCOc1ccc([C@H](C)NC(=O)[C@H]2CCCN(C(=O)c3ccc(F)cc3)C2)cc1OCC. The van der Waals surface area contributed by atoms with Crippen molar-refractivity contribution in [1.29, 1.82) is 0 Å². The van der Waals surface area contributed by atoms with Crippen LogP contribution in [-0.2, 0) is 4.79 Å². The fourth-order valence-corrected chi connectivity index (χ4v) is 3.90. The van der Waals surface area contributed by atoms with Gasteiger partial charge in [0.05, 0.1) is 25.2 Å². The first-order chi connectivity index (χ1) is 15.4. The van der Waals surface area contributed by atoms with Gasteiger partial charge in [0, 0.05) is 18.7 Å². The highest BCUT2D eigenvalue weighted by Gasteiger charge is 2.29. The van der Waals surface area contributed by atoms with Crippen molar-refractivity contribution in [2.45, 2.75) is 39.7 Å². The van der Waals surface area contributed by atoms with Crippen molar-refractivity contribution in [2.24, 2.45) is 5.92 Å². The number of carbonyl (C=O) groups excluding carboxylic acids is 2. The van der Waals surface area contributed by atoms with Gasteiger partial charge in [-0.15, -0.1) is 0 Å². The number of nitrogens with one attached hydrogen (secondary N) is 1. The molecule has 1 fully saturated rings. The average molecular weight is 443 g/mol. The summed E-state index contributed by atoms with van der Waals surface area (Å²) in [5.41, 5.74) is 1.35. The van der Waals surface area contributed by atoms with Crippen molar-refractivity contribution in [3.63, 3.8) is 0 Å². The van der Waals surface area contributed by atoms with Gasteiger partial charge in [-0.1, -0.05) is 6.07 Å². The Morgan fingerprint density at radius 1 is 1.09 bits per heavy atom. The van der Waals surface area contributed by atoms with Gasteiger partial charge in [0.25, 0.3) is 5.91 Å². The molecule has 0 bridgehead atoms. The molecule has 2 aromatic rings. The van der Waals surface area contributed by atoms with E-state index in [4.69, 9.17) is 9.47 Å². The smallest absolute Gasteiger partial charge is 0.253 e. The maximum atomic E-state index is 13.2. The quantitative estimate of drug-likeness (QED) is 0.660. The molecular weight excluding hydrogens is 411 g/mol. The Labute approximate surface area is 188 Å². The van der Waals surface area contributed by atoms with Crippen LogP contribution in [0.25, 0.3) is 0 Å². The van der Waals surface area contributed by atoms with Gasteiger partial charge in [-0.2, -0.15) is 0 Å². The van der Waals surface area contributed by atoms with Crippen LogP contribution in [0.3, 0.4) is 0 Å². The van der Waals surface area contributed by atoms with Gasteiger partial charge in [-0.05, 0) is 75.6 Å². The average Bonchev–Trinajstić information content (AvgIpc) is 2.80. The standard InChI is InChI=1S/C25H31FN2O4/c1-4-31-22-13-10-19(15-23(22)32-5-2)17(3)27-24(29)20-7-6-14-28(16-20)25(30)18-8-11-21(26)12-9-18/h8-13,15,17,20H,4-7,14,16H2,1-3H3,(H,27,29)/t17-,20-/m0/s1. The zero-order valence-corrected chi connectivity index (χ0v) is 18.9. The molecule has 1 aliphatic rings. The summed E-state index contributed by atoms with van der Waals surface area (Å²) in [7, 11) is 0. The molecule has 1 N–H and O–H groups in total. The predicted octanol–water partition coefficient (Wildman–Crippen LogP) is 4.35. The summed E-state index contributed by atoms with van der Waals surface area (Å²) in [6.45, 7) is 7.75. The predicted molar refractivity (Wildman–Crippen MR) is 120 cm³/mol. The van der Waals surface area contributed by atoms with E-state index >= 15 is 0 Å². The molecule has 1 aliphatic heterocycles. The monoisotopic (exact) mass is 442 g/mol. The normalized spacial score (nSPS) is 16.9. The van der Waals surface area contributed by atoms with E-state index in [0.717, 1.165) is 18.4 Å². The van der Waals surface area contributed by atoms with E-state index in [2.05, 4.69) is 5.32 Å². The van der Waals surface area contributed by atoms with E-state index < -0.39 is 0 Å². The second-order valence-electron chi connectivity index (χ2n) is 7.90. The third-order valence-electron chi connectivity index (χ3n) is 5.60. The summed E-state index contributed by atoms with van der Waals surface area (Å²) in [6.07, 6.45) is 1.47. The molecule has 0 saturated carbocycles. The molecule has 3 rings (SSSR count). The fourth-order valence-electron chi connectivity index (χ4n) is 3.90. The molecule has 0 unspecified atom stereocenters. The van der Waals surface area contributed by atoms with Gasteiger partial charge >= 0.3 is 0 Å². The molecule has 2 aromatic carbocycles. The Hall–Kier alpha value is -3.09. The van der Waals surface area contributed by atoms with Crippen LogP contribution in [0.4, 0.5) is 4.39 Å². The number of amides is 2. The molecule has 0 aliphatic carbocycles. The van der Waals surface area contributed by atoms with Crippen molar-refractivity contribution in [1.82, 2.24) is 10.2 Å². The molecule has 1 saturated heterocycles. The summed E-state index contributed by atoms with van der Waals surface area (Å²) in [5, 5.41) is 3.07. The van der Waals surface area contributed by atoms with Crippen molar-refractivity contribution in [3.05, 3.63) is 59.4 Å². The maximum Gasteiger partial charge on any atom is 0.253 e. The molecule has 2 amide bonds. The summed E-state index contributed by atoms with van der Waals surface area (Å²) < 4.78 is 24.5. The molecular formula is C25H31FN2O4. The lowest BCUT2D eigenvalue weighted by atomic mass is 9.95. The summed E-state index contributed by atoms with van der Waals surface area (Å²) in [4.78, 5) is 27.4. The first-order valence-corrected chi connectivity index (χ1v) is 11.2. The lowest BCUT2D eigenvalue weighted by Gasteiger charge is -2.32. The van der Waals surface area contributed by atoms with Crippen LogP contribution in [0.2, 0.25) is 0 Å². The number of piperidine rings is 1. The number of hydrogen-bond donors (Lipinski definition) is 1. The van der Waals surface area contributed by atoms with E-state index in [9.17, 15) is 14.0 Å². The minimum Gasteiger partial charge on any atom is -0.490 e. The van der Waals surface area contributed by atoms with Crippen LogP contribution in [0.1, 0.15) is 55.6 Å². The lowest BCUT2D eigenvalue weighted by Crippen LogP contribution is -2.45. The number of ether oxygens (including phenoxy) is 2. The third kappa shape index (κ3) is 5.78. The molecule has 1 heterocycles. The van der Waals surface area contributed by atoms with E-state index in [-0.39, 0.29) is 29.6 Å². The Balaban J connectivity index is 1.64. The molecule has 0 radical (unpaired) electrons. The zero-order chi connectivity index (χ0) is 23.1. The number of rotatable bonds is 8. The molecule has 6 nitrogen and oxygen atoms in total. The number of halogens is 1. The highest BCUT2D eigenvalue weighted by Crippen LogP contribution is 2.31. The second kappa shape index (κ2) is 11.0. The third-order valence-corrected chi connectivity index (χ3v) is 5.60. The van der Waals surface area contributed by atoms with Crippen molar-refractivity contribution in [2.75, 3.05) is 26.3 Å². The molecule has 32 heavy (non-hydrogen) atoms. The van der Waals surface area contributed by atoms with Gasteiger partial charge in [0.15, 0.2) is 11.5 Å². The van der Waals surface area contributed by atoms with Crippen LogP contribution < -0.4 is 14.8 Å². The van der Waals surface area contributed by atoms with E-state index in [1.807, 2.05) is 39.0 Å². The largest absolute Gasteiger partial charge is 0.490 e. The highest BCUT2D eigenvalue weighted by atomic mass is 19.1. The first-order valence-electron chi connectivity index (χ1n) is 11.2. The molecule has 172 valence electrons. The Kier molecular flexibility index (Phi) is 8.09. The fraction of sp³-hybridized carbons (Fsp3) is 0.440. The number of carbonyl (C=O) groups is 2. The van der Waals surface area contributed by atoms with Gasteiger partial charge in [0.2, 0.25) is 5.91 Å². The van der Waals surface area contributed by atoms with Gasteiger partial charge in [-0.25, -0.2) is 4.39 Å². The second-order valence-corrected chi connectivity index (χ2v) is 7.90. The minimum atomic E-state index is -0.381. The first kappa shape index (κ1) is 23.6. The Bertz CT molecular complexity index is 932. The Morgan fingerprint density at radius 2 is 1.78 bits per heavy atom. The lowest BCUT2D eigenvalue weighted by molar-refractivity contribution is -0.127. The van der Waals surface area contributed by atoms with Crippen LogP contribution in [0.5, 0.6) is 11.5 Å². The summed E-state index contributed by atoms with van der Waals surface area (Å²) >= 11 is 0.